The summed E-state index contributed by atoms with van der Waals surface area (Å²) in [7, 11) is -2.17. The predicted octanol–water partition coefficient (Wildman–Crippen LogP) is 3.23. The number of aliphatic hydroxyl groups excluding tert-OH is 1. The van der Waals surface area contributed by atoms with Crippen LogP contribution in [0.1, 0.15) is 17.2 Å². The molecule has 2 N–H and O–H groups in total. The molecule has 0 saturated heterocycles. The highest BCUT2D eigenvalue weighted by atomic mass is 32.2. The van der Waals surface area contributed by atoms with Gasteiger partial charge in [0.05, 0.1) is 18.1 Å². The SMILES string of the molecule is COc1ccc(S(=O)(=O)NCC(O)c2csc3ccccc23)cc1C. The van der Waals surface area contributed by atoms with Gasteiger partial charge in [-0.25, -0.2) is 13.1 Å². The van der Waals surface area contributed by atoms with Crippen molar-refractivity contribution in [2.45, 2.75) is 17.9 Å². The van der Waals surface area contributed by atoms with Gasteiger partial charge < -0.3 is 9.84 Å². The molecule has 0 aliphatic heterocycles. The lowest BCUT2D eigenvalue weighted by atomic mass is 10.1. The number of aryl methyl sites for hydroxylation is 1. The number of methoxy groups -OCH3 is 1. The van der Waals surface area contributed by atoms with Crippen LogP contribution in [0.4, 0.5) is 0 Å². The third-order valence-corrected chi connectivity index (χ3v) is 6.42. The van der Waals surface area contributed by atoms with Gasteiger partial charge in [-0.3, -0.25) is 0 Å². The first kappa shape index (κ1) is 17.9. The molecule has 5 nitrogen and oxygen atoms in total. The molecular formula is C18H19NO4S2. The Morgan fingerprint density at radius 2 is 2.00 bits per heavy atom. The summed E-state index contributed by atoms with van der Waals surface area (Å²) in [6.45, 7) is 1.69. The van der Waals surface area contributed by atoms with Crippen LogP contribution in [0.3, 0.4) is 0 Å². The van der Waals surface area contributed by atoms with Gasteiger partial charge in [0.15, 0.2) is 0 Å². The molecule has 132 valence electrons. The van der Waals surface area contributed by atoms with E-state index < -0.39 is 16.1 Å². The number of thiophene rings is 1. The highest BCUT2D eigenvalue weighted by Crippen LogP contribution is 2.30. The molecule has 1 aromatic heterocycles. The van der Waals surface area contributed by atoms with E-state index in [1.54, 1.807) is 19.1 Å². The molecule has 0 aliphatic carbocycles. The largest absolute Gasteiger partial charge is 0.496 e. The van der Waals surface area contributed by atoms with Crippen molar-refractivity contribution in [3.05, 3.63) is 59.0 Å². The molecule has 3 aromatic rings. The van der Waals surface area contributed by atoms with Gasteiger partial charge in [0.2, 0.25) is 10.0 Å². The molecule has 1 atom stereocenters. The minimum absolute atomic E-state index is 0.0891. The van der Waals surface area contributed by atoms with Crippen LogP contribution in [0.2, 0.25) is 0 Å². The lowest BCUT2D eigenvalue weighted by molar-refractivity contribution is 0.184. The van der Waals surface area contributed by atoms with Crippen molar-refractivity contribution in [1.29, 1.82) is 0 Å². The Balaban J connectivity index is 1.76. The van der Waals surface area contributed by atoms with Crippen molar-refractivity contribution < 1.29 is 18.3 Å². The van der Waals surface area contributed by atoms with E-state index in [-0.39, 0.29) is 11.4 Å². The second-order valence-corrected chi connectivity index (χ2v) is 8.36. The molecule has 0 amide bonds. The number of benzene rings is 2. The number of fused-ring (bicyclic) bond motifs is 1. The smallest absolute Gasteiger partial charge is 0.240 e. The summed E-state index contributed by atoms with van der Waals surface area (Å²) >= 11 is 1.53. The van der Waals surface area contributed by atoms with E-state index in [2.05, 4.69) is 4.72 Å². The summed E-state index contributed by atoms with van der Waals surface area (Å²) in [5.41, 5.74) is 1.46. The standard InChI is InChI=1S/C18H19NO4S2/c1-12-9-13(7-8-17(12)23-2)25(21,22)19-10-16(20)15-11-24-18-6-4-3-5-14(15)18/h3-9,11,16,19-20H,10H2,1-2H3. The van der Waals surface area contributed by atoms with Crippen LogP contribution >= 0.6 is 11.3 Å². The first-order valence-electron chi connectivity index (χ1n) is 7.71. The fourth-order valence-electron chi connectivity index (χ4n) is 2.66. The average molecular weight is 377 g/mol. The maximum absolute atomic E-state index is 12.5. The molecule has 2 aromatic carbocycles. The third kappa shape index (κ3) is 3.69. The maximum Gasteiger partial charge on any atom is 0.240 e. The zero-order valence-electron chi connectivity index (χ0n) is 13.9. The zero-order valence-corrected chi connectivity index (χ0v) is 15.5. The lowest BCUT2D eigenvalue weighted by Gasteiger charge is -2.13. The van der Waals surface area contributed by atoms with Gasteiger partial charge >= 0.3 is 0 Å². The van der Waals surface area contributed by atoms with Crippen LogP contribution < -0.4 is 9.46 Å². The molecule has 7 heteroatoms. The van der Waals surface area contributed by atoms with Crippen LogP contribution in [0, 0.1) is 6.92 Å². The Kier molecular flexibility index (Phi) is 5.10. The molecule has 0 aliphatic rings. The highest BCUT2D eigenvalue weighted by molar-refractivity contribution is 7.89. The molecule has 0 bridgehead atoms. The topological polar surface area (TPSA) is 75.6 Å². The number of sulfonamides is 1. The van der Waals surface area contributed by atoms with E-state index >= 15 is 0 Å². The molecule has 0 spiro atoms. The van der Waals surface area contributed by atoms with Crippen molar-refractivity contribution in [2.24, 2.45) is 0 Å². The fraction of sp³-hybridized carbons (Fsp3) is 0.222. The molecule has 0 fully saturated rings. The Morgan fingerprint density at radius 3 is 2.72 bits per heavy atom. The summed E-state index contributed by atoms with van der Waals surface area (Å²) in [6, 6.07) is 12.4. The molecule has 1 unspecified atom stereocenters. The van der Waals surface area contributed by atoms with E-state index in [0.717, 1.165) is 21.2 Å². The van der Waals surface area contributed by atoms with Crippen LogP contribution in [0.25, 0.3) is 10.1 Å². The zero-order chi connectivity index (χ0) is 18.0. The highest BCUT2D eigenvalue weighted by Gasteiger charge is 2.19. The Morgan fingerprint density at radius 1 is 1.24 bits per heavy atom. The van der Waals surface area contributed by atoms with E-state index in [0.29, 0.717) is 5.75 Å². The molecule has 3 rings (SSSR count). The minimum Gasteiger partial charge on any atom is -0.496 e. The monoisotopic (exact) mass is 377 g/mol. The first-order chi connectivity index (χ1) is 11.9. The Bertz CT molecular complexity index is 995. The van der Waals surface area contributed by atoms with Gasteiger partial charge in [-0.1, -0.05) is 18.2 Å². The van der Waals surface area contributed by atoms with E-state index in [9.17, 15) is 13.5 Å². The normalized spacial score (nSPS) is 13.1. The van der Waals surface area contributed by atoms with Crippen LogP contribution in [-0.4, -0.2) is 27.2 Å². The van der Waals surface area contributed by atoms with Gasteiger partial charge in [0, 0.05) is 16.8 Å². The predicted molar refractivity (Wildman–Crippen MR) is 99.7 cm³/mol. The minimum atomic E-state index is -3.71. The van der Waals surface area contributed by atoms with Gasteiger partial charge in [0.25, 0.3) is 0 Å². The first-order valence-corrected chi connectivity index (χ1v) is 10.1. The average Bonchev–Trinajstić information content (AvgIpc) is 3.04. The Labute approximate surface area is 150 Å². The second kappa shape index (κ2) is 7.13. The van der Waals surface area contributed by atoms with Gasteiger partial charge in [-0.15, -0.1) is 11.3 Å². The van der Waals surface area contributed by atoms with Crippen molar-refractivity contribution in [3.63, 3.8) is 0 Å². The Hall–Kier alpha value is -1.93. The summed E-state index contributed by atoms with van der Waals surface area (Å²) in [4.78, 5) is 0.146. The van der Waals surface area contributed by atoms with Crippen molar-refractivity contribution in [1.82, 2.24) is 4.72 Å². The van der Waals surface area contributed by atoms with Crippen LogP contribution in [0.15, 0.2) is 52.7 Å². The van der Waals surface area contributed by atoms with Crippen molar-refractivity contribution in [3.8, 4) is 5.75 Å². The van der Waals surface area contributed by atoms with Crippen LogP contribution in [-0.2, 0) is 10.0 Å². The van der Waals surface area contributed by atoms with Crippen LogP contribution in [0.5, 0.6) is 5.75 Å². The van der Waals surface area contributed by atoms with E-state index in [4.69, 9.17) is 4.74 Å². The molecule has 1 heterocycles. The van der Waals surface area contributed by atoms with E-state index in [1.165, 1.54) is 24.5 Å². The van der Waals surface area contributed by atoms with E-state index in [1.807, 2.05) is 29.6 Å². The third-order valence-electron chi connectivity index (χ3n) is 4.01. The van der Waals surface area contributed by atoms with Gasteiger partial charge in [0.1, 0.15) is 5.75 Å². The van der Waals surface area contributed by atoms with Crippen molar-refractivity contribution >= 4 is 31.4 Å². The second-order valence-electron chi connectivity index (χ2n) is 5.69. The van der Waals surface area contributed by atoms with Crippen molar-refractivity contribution in [2.75, 3.05) is 13.7 Å². The van der Waals surface area contributed by atoms with Gasteiger partial charge in [-0.05, 0) is 47.5 Å². The lowest BCUT2D eigenvalue weighted by Crippen LogP contribution is -2.28. The number of rotatable bonds is 6. The maximum atomic E-state index is 12.5. The summed E-state index contributed by atoms with van der Waals surface area (Å²) in [6.07, 6.45) is -0.912. The molecular weight excluding hydrogens is 358 g/mol. The fourth-order valence-corrected chi connectivity index (χ4v) is 4.79. The number of hydrogen-bond acceptors (Lipinski definition) is 5. The van der Waals surface area contributed by atoms with Gasteiger partial charge in [-0.2, -0.15) is 0 Å². The molecule has 0 saturated carbocycles. The number of ether oxygens (including phenoxy) is 1. The number of hydrogen-bond donors (Lipinski definition) is 2. The summed E-state index contributed by atoms with van der Waals surface area (Å²) in [5, 5.41) is 13.2. The quantitative estimate of drug-likeness (QED) is 0.692. The number of aliphatic hydroxyl groups is 1. The molecule has 0 radical (unpaired) electrons. The summed E-state index contributed by atoms with van der Waals surface area (Å²) < 4.78 is 33.6. The molecule has 25 heavy (non-hydrogen) atoms. The summed E-state index contributed by atoms with van der Waals surface area (Å²) in [5.74, 6) is 0.628. The number of nitrogens with one attached hydrogen (secondary N) is 1.